The Balaban J connectivity index is 0.00000288. The van der Waals surface area contributed by atoms with Gasteiger partial charge in [-0.1, -0.05) is 17.7 Å². The van der Waals surface area contributed by atoms with Crippen LogP contribution >= 0.6 is 35.6 Å². The molecule has 2 aromatic rings. The van der Waals surface area contributed by atoms with Crippen LogP contribution in [0.25, 0.3) is 0 Å². The molecule has 2 heterocycles. The molecule has 0 aliphatic heterocycles. The van der Waals surface area contributed by atoms with Crippen LogP contribution in [0.1, 0.15) is 11.6 Å². The molecule has 0 bridgehead atoms. The topological polar surface area (TPSA) is 58.6 Å². The Bertz CT molecular complexity index is 653. The monoisotopic (exact) mass is 463 g/mol. The molecule has 0 aromatic carbocycles. The van der Waals surface area contributed by atoms with Crippen molar-refractivity contribution in [1.29, 1.82) is 0 Å². The molecule has 0 amide bonds. The maximum atomic E-state index is 6.03. The summed E-state index contributed by atoms with van der Waals surface area (Å²) in [6, 6.07) is 3.83. The molecule has 0 saturated heterocycles. The Labute approximate surface area is 164 Å². The highest BCUT2D eigenvalue weighted by atomic mass is 127. The predicted octanol–water partition coefficient (Wildman–Crippen LogP) is 3.09. The number of hydrogen-bond acceptors (Lipinski definition) is 3. The van der Waals surface area contributed by atoms with E-state index in [1.807, 2.05) is 35.7 Å². The van der Waals surface area contributed by atoms with Crippen molar-refractivity contribution in [3.8, 4) is 0 Å². The first-order valence-electron chi connectivity index (χ1n) is 7.40. The summed E-state index contributed by atoms with van der Waals surface area (Å²) in [5.41, 5.74) is 0. The fraction of sp³-hybridized carbons (Fsp3) is 0.375. The smallest absolute Gasteiger partial charge is 0.194 e. The Kier molecular flexibility index (Phi) is 8.91. The zero-order valence-electron chi connectivity index (χ0n) is 13.9. The van der Waals surface area contributed by atoms with Gasteiger partial charge in [-0.3, -0.25) is 4.99 Å². The number of imidazole rings is 1. The summed E-state index contributed by atoms with van der Waals surface area (Å²) >= 11 is 6.03. The van der Waals surface area contributed by atoms with Crippen molar-refractivity contribution in [2.24, 2.45) is 12.0 Å². The molecule has 0 spiro atoms. The Morgan fingerprint density at radius 1 is 1.58 bits per heavy atom. The SMILES string of the molecule is C=CCNC(=NCCc1ccco1)N(C)Cc1ncc(Cl)n1C.I. The van der Waals surface area contributed by atoms with E-state index in [1.54, 1.807) is 18.5 Å². The van der Waals surface area contributed by atoms with Gasteiger partial charge in [0.1, 0.15) is 16.7 Å². The molecule has 0 saturated carbocycles. The van der Waals surface area contributed by atoms with Gasteiger partial charge in [-0.15, -0.1) is 30.6 Å². The van der Waals surface area contributed by atoms with E-state index in [2.05, 4.69) is 21.9 Å². The number of furan rings is 1. The predicted molar refractivity (Wildman–Crippen MR) is 108 cm³/mol. The van der Waals surface area contributed by atoms with E-state index in [1.165, 1.54) is 0 Å². The lowest BCUT2D eigenvalue weighted by Gasteiger charge is -2.21. The molecule has 0 atom stereocenters. The molecular formula is C16H23ClIN5O. The lowest BCUT2D eigenvalue weighted by Crippen LogP contribution is -2.39. The first-order valence-corrected chi connectivity index (χ1v) is 7.78. The molecule has 0 aliphatic carbocycles. The summed E-state index contributed by atoms with van der Waals surface area (Å²) in [7, 11) is 3.85. The minimum atomic E-state index is 0. The van der Waals surface area contributed by atoms with Gasteiger partial charge >= 0.3 is 0 Å². The van der Waals surface area contributed by atoms with Crippen molar-refractivity contribution >= 4 is 41.5 Å². The first-order chi connectivity index (χ1) is 11.1. The highest BCUT2D eigenvalue weighted by Gasteiger charge is 2.11. The van der Waals surface area contributed by atoms with Gasteiger partial charge in [0.05, 0.1) is 19.0 Å². The van der Waals surface area contributed by atoms with E-state index in [0.29, 0.717) is 24.8 Å². The number of hydrogen-bond donors (Lipinski definition) is 1. The van der Waals surface area contributed by atoms with Crippen LogP contribution in [0.2, 0.25) is 5.15 Å². The molecule has 6 nitrogen and oxygen atoms in total. The van der Waals surface area contributed by atoms with Crippen molar-refractivity contribution in [2.45, 2.75) is 13.0 Å². The number of aromatic nitrogens is 2. The van der Waals surface area contributed by atoms with Gasteiger partial charge in [-0.25, -0.2) is 4.98 Å². The molecule has 1 N–H and O–H groups in total. The van der Waals surface area contributed by atoms with E-state index in [-0.39, 0.29) is 24.0 Å². The maximum Gasteiger partial charge on any atom is 0.194 e. The van der Waals surface area contributed by atoms with Gasteiger partial charge < -0.3 is 19.2 Å². The van der Waals surface area contributed by atoms with Crippen LogP contribution in [0.4, 0.5) is 0 Å². The van der Waals surface area contributed by atoms with E-state index in [9.17, 15) is 0 Å². The second-order valence-corrected chi connectivity index (χ2v) is 5.50. The highest BCUT2D eigenvalue weighted by Crippen LogP contribution is 2.10. The summed E-state index contributed by atoms with van der Waals surface area (Å²) in [4.78, 5) is 10.9. The standard InChI is InChI=1S/C16H22ClN5O.HI/c1-4-8-18-16(19-9-7-13-6-5-10-23-13)21(2)12-15-20-11-14(17)22(15)3;/h4-6,10-11H,1,7-9,12H2,2-3H3,(H,18,19);1H. The fourth-order valence-corrected chi connectivity index (χ4v) is 2.21. The molecule has 24 heavy (non-hydrogen) atoms. The molecule has 0 unspecified atom stereocenters. The minimum absolute atomic E-state index is 0. The van der Waals surface area contributed by atoms with Crippen LogP contribution in [-0.4, -0.2) is 40.5 Å². The molecule has 0 aliphatic rings. The second-order valence-electron chi connectivity index (χ2n) is 5.12. The number of nitrogens with zero attached hydrogens (tertiary/aromatic N) is 4. The van der Waals surface area contributed by atoms with Gasteiger partial charge in [0, 0.05) is 33.6 Å². The third-order valence-corrected chi connectivity index (χ3v) is 3.72. The lowest BCUT2D eigenvalue weighted by molar-refractivity contribution is 0.454. The molecule has 132 valence electrons. The normalized spacial score (nSPS) is 11.0. The number of guanidine groups is 1. The maximum absolute atomic E-state index is 6.03. The summed E-state index contributed by atoms with van der Waals surface area (Å²) in [6.45, 7) is 5.62. The quantitative estimate of drug-likeness (QED) is 0.297. The molecule has 8 heteroatoms. The number of rotatable bonds is 7. The molecule has 0 radical (unpaired) electrons. The van der Waals surface area contributed by atoms with Crippen LogP contribution < -0.4 is 5.32 Å². The number of halogens is 2. The third kappa shape index (κ3) is 5.86. The Morgan fingerprint density at radius 2 is 2.38 bits per heavy atom. The fourth-order valence-electron chi connectivity index (χ4n) is 2.06. The third-order valence-electron chi connectivity index (χ3n) is 3.37. The van der Waals surface area contributed by atoms with Crippen molar-refractivity contribution in [3.63, 3.8) is 0 Å². The molecular weight excluding hydrogens is 441 g/mol. The van der Waals surface area contributed by atoms with Crippen LogP contribution in [-0.2, 0) is 20.0 Å². The Hall–Kier alpha value is -1.48. The summed E-state index contributed by atoms with van der Waals surface area (Å²) in [5, 5.41) is 3.87. The minimum Gasteiger partial charge on any atom is -0.469 e. The van der Waals surface area contributed by atoms with Gasteiger partial charge in [0.15, 0.2) is 5.96 Å². The van der Waals surface area contributed by atoms with Gasteiger partial charge in [-0.05, 0) is 12.1 Å². The average Bonchev–Trinajstić information content (AvgIpc) is 3.16. The average molecular weight is 464 g/mol. The van der Waals surface area contributed by atoms with Gasteiger partial charge in [0.25, 0.3) is 0 Å². The first kappa shape index (κ1) is 20.6. The lowest BCUT2D eigenvalue weighted by atomic mass is 10.3. The zero-order valence-corrected chi connectivity index (χ0v) is 17.0. The molecule has 0 fully saturated rings. The van der Waals surface area contributed by atoms with Gasteiger partial charge in [0.2, 0.25) is 0 Å². The number of aliphatic imine (C=N–C) groups is 1. The second kappa shape index (κ2) is 10.4. The van der Waals surface area contributed by atoms with Gasteiger partial charge in [-0.2, -0.15) is 0 Å². The van der Waals surface area contributed by atoms with Crippen molar-refractivity contribution in [3.05, 3.63) is 54.0 Å². The summed E-state index contributed by atoms with van der Waals surface area (Å²) in [5.74, 6) is 2.59. The van der Waals surface area contributed by atoms with Crippen LogP contribution in [0.5, 0.6) is 0 Å². The van der Waals surface area contributed by atoms with E-state index in [4.69, 9.17) is 16.0 Å². The van der Waals surface area contributed by atoms with Crippen molar-refractivity contribution in [2.75, 3.05) is 20.1 Å². The van der Waals surface area contributed by atoms with Crippen molar-refractivity contribution < 1.29 is 4.42 Å². The number of nitrogens with one attached hydrogen (secondary N) is 1. The van der Waals surface area contributed by atoms with Crippen LogP contribution in [0.15, 0.2) is 46.7 Å². The van der Waals surface area contributed by atoms with Crippen LogP contribution in [0.3, 0.4) is 0 Å². The Morgan fingerprint density at radius 3 is 2.96 bits per heavy atom. The van der Waals surface area contributed by atoms with Crippen LogP contribution in [0, 0.1) is 0 Å². The van der Waals surface area contributed by atoms with Crippen molar-refractivity contribution in [1.82, 2.24) is 19.8 Å². The van der Waals surface area contributed by atoms with E-state index >= 15 is 0 Å². The summed E-state index contributed by atoms with van der Waals surface area (Å²) < 4.78 is 7.18. The molecule has 2 rings (SSSR count). The summed E-state index contributed by atoms with van der Waals surface area (Å²) in [6.07, 6.45) is 5.88. The van der Waals surface area contributed by atoms with E-state index < -0.39 is 0 Å². The van der Waals surface area contributed by atoms with E-state index in [0.717, 1.165) is 24.0 Å². The zero-order chi connectivity index (χ0) is 16.7. The highest BCUT2D eigenvalue weighted by molar-refractivity contribution is 14.0. The largest absolute Gasteiger partial charge is 0.469 e. The molecule has 2 aromatic heterocycles.